The summed E-state index contributed by atoms with van der Waals surface area (Å²) < 4.78 is 33.4. The van der Waals surface area contributed by atoms with E-state index >= 15 is 0 Å². The third-order valence-electron chi connectivity index (χ3n) is 11.3. The summed E-state index contributed by atoms with van der Waals surface area (Å²) in [7, 11) is 0. The smallest absolute Gasteiger partial charge is 0.409 e. The first-order valence-electron chi connectivity index (χ1n) is 26.0. The lowest BCUT2D eigenvalue weighted by Crippen LogP contribution is -2.34. The lowest BCUT2D eigenvalue weighted by Gasteiger charge is -2.22. The molecule has 0 unspecified atom stereocenters. The van der Waals surface area contributed by atoms with Gasteiger partial charge in [-0.1, -0.05) is 162 Å². The number of unbranched alkanes of at least 4 members (excludes halogenated alkanes) is 24. The molecule has 0 aromatic rings. The van der Waals surface area contributed by atoms with Gasteiger partial charge in [0.15, 0.2) is 0 Å². The number of amides is 1. The Morgan fingerprint density at radius 2 is 0.770 bits per heavy atom. The topological polar surface area (TPSA) is 110 Å². The minimum Gasteiger partial charge on any atom is -0.466 e. The normalized spacial score (nSPS) is 11.4. The summed E-state index contributed by atoms with van der Waals surface area (Å²) in [6, 6.07) is 0. The van der Waals surface area contributed by atoms with Crippen LogP contribution in [-0.2, 0) is 38.0 Å². The van der Waals surface area contributed by atoms with Crippen LogP contribution in [0.1, 0.15) is 240 Å². The van der Waals surface area contributed by atoms with Crippen LogP contribution in [0.2, 0.25) is 0 Å². The first-order chi connectivity index (χ1) is 30.0. The van der Waals surface area contributed by atoms with Gasteiger partial charge in [0.25, 0.3) is 0 Å². The van der Waals surface area contributed by atoms with Crippen molar-refractivity contribution in [2.75, 3.05) is 65.9 Å². The van der Waals surface area contributed by atoms with Crippen molar-refractivity contribution in [2.45, 2.75) is 246 Å². The predicted octanol–water partition coefficient (Wildman–Crippen LogP) is 13.9. The Bertz CT molecular complexity index is 920. The third kappa shape index (κ3) is 44.5. The number of ether oxygens (including phenoxy) is 6. The van der Waals surface area contributed by atoms with Gasteiger partial charge in [-0.25, -0.2) is 4.79 Å². The maximum Gasteiger partial charge on any atom is 0.409 e. The molecule has 0 spiro atoms. The van der Waals surface area contributed by atoms with Crippen LogP contribution in [0.5, 0.6) is 0 Å². The fourth-order valence-electron chi connectivity index (χ4n) is 7.49. The molecule has 0 saturated heterocycles. The highest BCUT2D eigenvalue weighted by Gasteiger charge is 2.16. The molecule has 0 radical (unpaired) electrons. The van der Waals surface area contributed by atoms with E-state index in [1.807, 2.05) is 6.92 Å². The highest BCUT2D eigenvalue weighted by molar-refractivity contribution is 5.69. The Hall–Kier alpha value is -1.91. The van der Waals surface area contributed by atoms with Gasteiger partial charge in [0.05, 0.1) is 39.6 Å². The van der Waals surface area contributed by atoms with E-state index in [4.69, 9.17) is 28.4 Å². The minimum absolute atomic E-state index is 0.0407. The number of hydrogen-bond acceptors (Lipinski definition) is 9. The number of esters is 2. The second kappa shape index (κ2) is 49.1. The van der Waals surface area contributed by atoms with E-state index in [9.17, 15) is 14.4 Å². The van der Waals surface area contributed by atoms with Crippen molar-refractivity contribution in [3.8, 4) is 0 Å². The van der Waals surface area contributed by atoms with Crippen molar-refractivity contribution in [3.63, 3.8) is 0 Å². The Morgan fingerprint density at radius 1 is 0.377 bits per heavy atom. The van der Waals surface area contributed by atoms with Gasteiger partial charge in [0.1, 0.15) is 12.7 Å². The second-order valence-corrected chi connectivity index (χ2v) is 17.1. The third-order valence-corrected chi connectivity index (χ3v) is 11.3. The number of carbonyl (C=O) groups excluding carboxylic acids is 3. The molecule has 0 aliphatic rings. The van der Waals surface area contributed by atoms with Gasteiger partial charge in [-0.2, -0.15) is 0 Å². The van der Waals surface area contributed by atoms with Crippen molar-refractivity contribution in [1.82, 2.24) is 4.90 Å². The summed E-state index contributed by atoms with van der Waals surface area (Å²) in [5, 5.41) is 0. The fraction of sp³-hybridized carbons (Fsp3) is 0.941. The standard InChI is InChI=1S/C51H99NO9/c1-5-9-12-15-18-19-20-26-34-41-59-49(53)37-31-27-33-40-52(51(55)60-47-46-58-45-44-57-43-42-56-8-4)39-32-25-21-24-30-38-50(54)61-48(35-28-22-16-13-10-6-2)36-29-23-17-14-11-7-3/h48H,5-47H2,1-4H3. The van der Waals surface area contributed by atoms with E-state index in [0.29, 0.717) is 72.2 Å². The monoisotopic (exact) mass is 870 g/mol. The molecule has 0 N–H and O–H groups in total. The van der Waals surface area contributed by atoms with Gasteiger partial charge in [-0.05, 0) is 64.7 Å². The average molecular weight is 870 g/mol. The first-order valence-corrected chi connectivity index (χ1v) is 26.0. The van der Waals surface area contributed by atoms with Gasteiger partial charge < -0.3 is 33.3 Å². The molecule has 61 heavy (non-hydrogen) atoms. The molecule has 0 aromatic carbocycles. The highest BCUT2D eigenvalue weighted by Crippen LogP contribution is 2.19. The van der Waals surface area contributed by atoms with Crippen molar-refractivity contribution < 1.29 is 42.8 Å². The minimum atomic E-state index is -0.323. The van der Waals surface area contributed by atoms with E-state index in [1.54, 1.807) is 4.90 Å². The second-order valence-electron chi connectivity index (χ2n) is 17.1. The molecule has 10 heteroatoms. The zero-order chi connectivity index (χ0) is 44.5. The van der Waals surface area contributed by atoms with Crippen LogP contribution in [0, 0.1) is 0 Å². The van der Waals surface area contributed by atoms with Crippen LogP contribution in [-0.4, -0.2) is 95.0 Å². The van der Waals surface area contributed by atoms with Crippen molar-refractivity contribution in [2.24, 2.45) is 0 Å². The van der Waals surface area contributed by atoms with E-state index in [2.05, 4.69) is 20.8 Å². The van der Waals surface area contributed by atoms with Crippen LogP contribution in [0.25, 0.3) is 0 Å². The molecular formula is C51H99NO9. The molecule has 0 saturated carbocycles. The van der Waals surface area contributed by atoms with E-state index < -0.39 is 0 Å². The molecule has 0 bridgehead atoms. The van der Waals surface area contributed by atoms with Gasteiger partial charge in [0.2, 0.25) is 0 Å². The van der Waals surface area contributed by atoms with E-state index in [-0.39, 0.29) is 30.7 Å². The van der Waals surface area contributed by atoms with Crippen LogP contribution >= 0.6 is 0 Å². The molecule has 362 valence electrons. The molecular weight excluding hydrogens is 771 g/mol. The molecule has 1 amide bonds. The molecule has 0 aliphatic carbocycles. The Kier molecular flexibility index (Phi) is 47.6. The Morgan fingerprint density at radius 3 is 1.28 bits per heavy atom. The van der Waals surface area contributed by atoms with Gasteiger partial charge >= 0.3 is 18.0 Å². The van der Waals surface area contributed by atoms with E-state index in [1.165, 1.54) is 109 Å². The Balaban J connectivity index is 4.55. The molecule has 0 rings (SSSR count). The molecule has 0 heterocycles. The predicted molar refractivity (Wildman–Crippen MR) is 251 cm³/mol. The largest absolute Gasteiger partial charge is 0.466 e. The zero-order valence-corrected chi connectivity index (χ0v) is 40.6. The van der Waals surface area contributed by atoms with Crippen molar-refractivity contribution >= 4 is 18.0 Å². The Labute approximate surface area is 376 Å². The van der Waals surface area contributed by atoms with Gasteiger partial charge in [-0.15, -0.1) is 0 Å². The molecule has 0 fully saturated rings. The lowest BCUT2D eigenvalue weighted by atomic mass is 10.0. The number of hydrogen-bond donors (Lipinski definition) is 0. The summed E-state index contributed by atoms with van der Waals surface area (Å²) in [5.41, 5.74) is 0. The van der Waals surface area contributed by atoms with Crippen LogP contribution < -0.4 is 0 Å². The quantitative estimate of drug-likeness (QED) is 0.0335. The summed E-state index contributed by atoms with van der Waals surface area (Å²) >= 11 is 0. The molecule has 0 aliphatic heterocycles. The van der Waals surface area contributed by atoms with Crippen LogP contribution in [0.3, 0.4) is 0 Å². The zero-order valence-electron chi connectivity index (χ0n) is 40.6. The van der Waals surface area contributed by atoms with Gasteiger partial charge in [-0.3, -0.25) is 9.59 Å². The number of carbonyl (C=O) groups is 3. The van der Waals surface area contributed by atoms with Crippen molar-refractivity contribution in [3.05, 3.63) is 0 Å². The number of nitrogens with zero attached hydrogens (tertiary/aromatic N) is 1. The highest BCUT2D eigenvalue weighted by atomic mass is 16.6. The SMILES string of the molecule is CCCCCCCCCCCOC(=O)CCCCCN(CCCCCCCC(=O)OC(CCCCCCCC)CCCCCCCC)C(=O)OCCOCCOCCOCC. The maximum atomic E-state index is 13.1. The van der Waals surface area contributed by atoms with E-state index in [0.717, 1.165) is 89.9 Å². The fourth-order valence-corrected chi connectivity index (χ4v) is 7.49. The molecule has 0 aromatic heterocycles. The average Bonchev–Trinajstić information content (AvgIpc) is 3.25. The molecule has 0 atom stereocenters. The lowest BCUT2D eigenvalue weighted by molar-refractivity contribution is -0.150. The summed E-state index contributed by atoms with van der Waals surface area (Å²) in [4.78, 5) is 40.0. The molecule has 10 nitrogen and oxygen atoms in total. The maximum absolute atomic E-state index is 13.1. The first kappa shape index (κ1) is 59.1. The van der Waals surface area contributed by atoms with Crippen LogP contribution in [0.4, 0.5) is 4.79 Å². The van der Waals surface area contributed by atoms with Crippen LogP contribution in [0.15, 0.2) is 0 Å². The van der Waals surface area contributed by atoms with Gasteiger partial charge in [0, 0.05) is 32.5 Å². The summed E-state index contributed by atoms with van der Waals surface area (Å²) in [6.07, 6.45) is 36.0. The van der Waals surface area contributed by atoms with Crippen molar-refractivity contribution in [1.29, 1.82) is 0 Å². The number of rotatable bonds is 49. The summed E-state index contributed by atoms with van der Waals surface area (Å²) in [5.74, 6) is -0.161. The summed E-state index contributed by atoms with van der Waals surface area (Å²) in [6.45, 7) is 13.6.